The van der Waals surface area contributed by atoms with E-state index in [1.165, 1.54) is 44.9 Å². The zero-order valence-electron chi connectivity index (χ0n) is 11.7. The molecule has 0 heterocycles. The van der Waals surface area contributed by atoms with Crippen molar-refractivity contribution in [3.63, 3.8) is 0 Å². The molecule has 0 N–H and O–H groups in total. The van der Waals surface area contributed by atoms with Gasteiger partial charge in [-0.2, -0.15) is 0 Å². The highest BCUT2D eigenvalue weighted by atomic mass is 15.1. The summed E-state index contributed by atoms with van der Waals surface area (Å²) in [5, 5.41) is 0. The Morgan fingerprint density at radius 2 is 1.38 bits per heavy atom. The number of nitrogens with zero attached hydrogens (tertiary/aromatic N) is 1. The summed E-state index contributed by atoms with van der Waals surface area (Å²) in [6.07, 6.45) is 14.4. The van der Waals surface area contributed by atoms with Crippen LogP contribution in [0.2, 0.25) is 0 Å². The van der Waals surface area contributed by atoms with Gasteiger partial charge in [-0.25, -0.2) is 0 Å². The molecule has 16 heavy (non-hydrogen) atoms. The first-order chi connectivity index (χ1) is 7.85. The largest absolute Gasteiger partial charge is 0.300 e. The summed E-state index contributed by atoms with van der Waals surface area (Å²) in [6.45, 7) is 10.2. The maximum Gasteiger partial charge on any atom is 0.0162 e. The third-order valence-corrected chi connectivity index (χ3v) is 3.15. The van der Waals surface area contributed by atoms with E-state index in [4.69, 9.17) is 0 Å². The molecule has 0 fully saturated rings. The van der Waals surface area contributed by atoms with Gasteiger partial charge in [-0.1, -0.05) is 65.0 Å². The minimum atomic E-state index is 1.13. The van der Waals surface area contributed by atoms with Crippen molar-refractivity contribution < 1.29 is 0 Å². The van der Waals surface area contributed by atoms with Crippen molar-refractivity contribution in [3.8, 4) is 0 Å². The van der Waals surface area contributed by atoms with Crippen LogP contribution in [0.4, 0.5) is 0 Å². The van der Waals surface area contributed by atoms with Gasteiger partial charge in [0, 0.05) is 6.54 Å². The van der Waals surface area contributed by atoms with Gasteiger partial charge in [0.05, 0.1) is 0 Å². The van der Waals surface area contributed by atoms with E-state index in [-0.39, 0.29) is 0 Å². The van der Waals surface area contributed by atoms with Crippen molar-refractivity contribution in [3.05, 3.63) is 12.2 Å². The monoisotopic (exact) mass is 225 g/mol. The van der Waals surface area contributed by atoms with Gasteiger partial charge in [0.2, 0.25) is 0 Å². The van der Waals surface area contributed by atoms with Crippen LogP contribution >= 0.6 is 0 Å². The van der Waals surface area contributed by atoms with Crippen LogP contribution in [0.5, 0.6) is 0 Å². The Morgan fingerprint density at radius 1 is 0.750 bits per heavy atom. The smallest absolute Gasteiger partial charge is 0.0162 e. The van der Waals surface area contributed by atoms with Gasteiger partial charge >= 0.3 is 0 Å². The van der Waals surface area contributed by atoms with E-state index >= 15 is 0 Å². The van der Waals surface area contributed by atoms with Gasteiger partial charge in [-0.3, -0.25) is 0 Å². The lowest BCUT2D eigenvalue weighted by Crippen LogP contribution is -2.22. The first-order valence-corrected chi connectivity index (χ1v) is 7.22. The van der Waals surface area contributed by atoms with E-state index in [0.717, 1.165) is 19.6 Å². The third-order valence-electron chi connectivity index (χ3n) is 3.15. The fourth-order valence-electron chi connectivity index (χ4n) is 1.87. The molecule has 1 nitrogen and oxygen atoms in total. The number of hydrogen-bond donors (Lipinski definition) is 0. The molecule has 0 aliphatic rings. The lowest BCUT2D eigenvalue weighted by molar-refractivity contribution is 0.337. The van der Waals surface area contributed by atoms with Crippen molar-refractivity contribution in [1.82, 2.24) is 4.90 Å². The fraction of sp³-hybridized carbons (Fsp3) is 0.867. The molecule has 96 valence electrons. The standard InChI is InChI=1S/C15H31N/c1-4-7-8-9-10-11-12-13-14-15-16(5-2)6-3/h13-14H,4-12,15H2,1-3H3. The molecule has 0 bridgehead atoms. The zero-order valence-corrected chi connectivity index (χ0v) is 11.7. The molecule has 0 aromatic carbocycles. The highest BCUT2D eigenvalue weighted by molar-refractivity contribution is 4.84. The molecule has 0 rings (SSSR count). The van der Waals surface area contributed by atoms with E-state index in [9.17, 15) is 0 Å². The Balaban J connectivity index is 3.21. The van der Waals surface area contributed by atoms with Gasteiger partial charge in [-0.15, -0.1) is 0 Å². The number of unbranched alkanes of at least 4 members (excludes halogenated alkanes) is 6. The maximum atomic E-state index is 2.44. The first-order valence-electron chi connectivity index (χ1n) is 7.22. The molecule has 0 aromatic rings. The number of rotatable bonds is 11. The first kappa shape index (κ1) is 15.7. The minimum absolute atomic E-state index is 1.13. The molecule has 0 radical (unpaired) electrons. The molecule has 0 aliphatic carbocycles. The molecule has 0 saturated carbocycles. The zero-order chi connectivity index (χ0) is 12.1. The average Bonchev–Trinajstić information content (AvgIpc) is 2.32. The highest BCUT2D eigenvalue weighted by Gasteiger charge is 1.93. The summed E-state index contributed by atoms with van der Waals surface area (Å²) in [7, 11) is 0. The summed E-state index contributed by atoms with van der Waals surface area (Å²) in [5.74, 6) is 0. The second kappa shape index (κ2) is 12.8. The number of likely N-dealkylation sites (N-methyl/N-ethyl adjacent to an activating group) is 1. The van der Waals surface area contributed by atoms with Crippen LogP contribution in [0.25, 0.3) is 0 Å². The van der Waals surface area contributed by atoms with E-state index in [1.54, 1.807) is 0 Å². The van der Waals surface area contributed by atoms with Crippen LogP contribution in [-0.2, 0) is 0 Å². The predicted molar refractivity (Wildman–Crippen MR) is 74.9 cm³/mol. The molecule has 0 aliphatic heterocycles. The minimum Gasteiger partial charge on any atom is -0.300 e. The molecule has 0 amide bonds. The van der Waals surface area contributed by atoms with Gasteiger partial charge in [-0.05, 0) is 25.9 Å². The molecular weight excluding hydrogens is 194 g/mol. The summed E-state index contributed by atoms with van der Waals surface area (Å²) < 4.78 is 0. The molecular formula is C15H31N. The molecule has 0 unspecified atom stereocenters. The van der Waals surface area contributed by atoms with Gasteiger partial charge < -0.3 is 4.90 Å². The molecule has 0 aromatic heterocycles. The van der Waals surface area contributed by atoms with Crippen molar-refractivity contribution in [2.45, 2.75) is 65.7 Å². The fourth-order valence-corrected chi connectivity index (χ4v) is 1.87. The summed E-state index contributed by atoms with van der Waals surface area (Å²) in [6, 6.07) is 0. The quantitative estimate of drug-likeness (QED) is 0.366. The Bertz CT molecular complexity index is 148. The topological polar surface area (TPSA) is 3.24 Å². The molecule has 1 heteroatoms. The second-order valence-corrected chi connectivity index (χ2v) is 4.51. The normalized spacial score (nSPS) is 11.8. The van der Waals surface area contributed by atoms with E-state index < -0.39 is 0 Å². The van der Waals surface area contributed by atoms with Gasteiger partial charge in [0.1, 0.15) is 0 Å². The lowest BCUT2D eigenvalue weighted by atomic mass is 10.1. The van der Waals surface area contributed by atoms with Crippen molar-refractivity contribution in [2.75, 3.05) is 19.6 Å². The van der Waals surface area contributed by atoms with Crippen molar-refractivity contribution >= 4 is 0 Å². The van der Waals surface area contributed by atoms with Crippen LogP contribution in [-0.4, -0.2) is 24.5 Å². The van der Waals surface area contributed by atoms with Crippen LogP contribution in [0.3, 0.4) is 0 Å². The van der Waals surface area contributed by atoms with Gasteiger partial charge in [0.25, 0.3) is 0 Å². The Labute approximate surface area is 103 Å². The number of hydrogen-bond acceptors (Lipinski definition) is 1. The predicted octanol–water partition coefficient (Wildman–Crippen LogP) is 4.64. The Hall–Kier alpha value is -0.300. The Kier molecular flexibility index (Phi) is 12.5. The van der Waals surface area contributed by atoms with Crippen molar-refractivity contribution in [2.24, 2.45) is 0 Å². The van der Waals surface area contributed by atoms with E-state index in [2.05, 4.69) is 37.8 Å². The Morgan fingerprint density at radius 3 is 2.00 bits per heavy atom. The highest BCUT2D eigenvalue weighted by Crippen LogP contribution is 2.07. The summed E-state index contributed by atoms with van der Waals surface area (Å²) >= 11 is 0. The summed E-state index contributed by atoms with van der Waals surface area (Å²) in [5.41, 5.74) is 0. The van der Waals surface area contributed by atoms with Crippen LogP contribution in [0.15, 0.2) is 12.2 Å². The summed E-state index contributed by atoms with van der Waals surface area (Å²) in [4.78, 5) is 2.44. The van der Waals surface area contributed by atoms with E-state index in [0.29, 0.717) is 0 Å². The van der Waals surface area contributed by atoms with Crippen LogP contribution in [0.1, 0.15) is 65.7 Å². The average molecular weight is 225 g/mol. The molecule has 0 spiro atoms. The third kappa shape index (κ3) is 10.2. The number of allylic oxidation sites excluding steroid dienone is 1. The second-order valence-electron chi connectivity index (χ2n) is 4.51. The van der Waals surface area contributed by atoms with Crippen LogP contribution in [0, 0.1) is 0 Å². The van der Waals surface area contributed by atoms with Gasteiger partial charge in [0.15, 0.2) is 0 Å². The van der Waals surface area contributed by atoms with Crippen molar-refractivity contribution in [1.29, 1.82) is 0 Å². The molecule has 0 saturated heterocycles. The maximum absolute atomic E-state index is 2.44. The lowest BCUT2D eigenvalue weighted by Gasteiger charge is -2.14. The SMILES string of the molecule is CCCCCCCCC=CCN(CC)CC. The van der Waals surface area contributed by atoms with Crippen LogP contribution < -0.4 is 0 Å². The van der Waals surface area contributed by atoms with E-state index in [1.807, 2.05) is 0 Å². The molecule has 0 atom stereocenters.